The summed E-state index contributed by atoms with van der Waals surface area (Å²) < 4.78 is 0. The van der Waals surface area contributed by atoms with Gasteiger partial charge in [0.05, 0.1) is 10.6 Å². The van der Waals surface area contributed by atoms with Crippen LogP contribution in [0.3, 0.4) is 0 Å². The third-order valence-corrected chi connectivity index (χ3v) is 6.63. The number of carbonyl (C=O) groups excluding carboxylic acids is 1. The number of hydrogen-bond acceptors (Lipinski definition) is 1. The van der Waals surface area contributed by atoms with E-state index in [1.165, 1.54) is 32.1 Å². The Morgan fingerprint density at radius 2 is 1.86 bits per heavy atom. The van der Waals surface area contributed by atoms with E-state index in [-0.39, 0.29) is 16.2 Å². The maximum atomic E-state index is 12.4. The van der Waals surface area contributed by atoms with Gasteiger partial charge in [0.15, 0.2) is 0 Å². The highest BCUT2D eigenvalue weighted by atomic mass is 35.5. The van der Waals surface area contributed by atoms with E-state index in [1.807, 2.05) is 12.1 Å². The van der Waals surface area contributed by atoms with Crippen LogP contribution in [0.1, 0.15) is 48.9 Å². The number of hydrogen-bond donors (Lipinski definition) is 1. The molecule has 0 radical (unpaired) electrons. The highest BCUT2D eigenvalue weighted by Gasteiger charge is 2.56. The Morgan fingerprint density at radius 1 is 1.18 bits per heavy atom. The van der Waals surface area contributed by atoms with Crippen LogP contribution in [0.15, 0.2) is 24.3 Å². The summed E-state index contributed by atoms with van der Waals surface area (Å²) in [4.78, 5) is 12.4. The maximum Gasteiger partial charge on any atom is 0.252 e. The van der Waals surface area contributed by atoms with Gasteiger partial charge in [-0.05, 0) is 67.9 Å². The number of amides is 1. The summed E-state index contributed by atoms with van der Waals surface area (Å²) in [5, 5.41) is 3.65. The van der Waals surface area contributed by atoms with Gasteiger partial charge in [-0.25, -0.2) is 0 Å². The molecule has 0 spiro atoms. The first kappa shape index (κ1) is 14.8. The molecule has 5 rings (SSSR count). The van der Waals surface area contributed by atoms with Crippen LogP contribution >= 0.6 is 23.2 Å². The monoisotopic (exact) mass is 337 g/mol. The fourth-order valence-corrected chi connectivity index (χ4v) is 6.49. The second-order valence-electron chi connectivity index (χ2n) is 7.77. The lowest BCUT2D eigenvalue weighted by molar-refractivity contribution is -0.0379. The predicted octanol–water partition coefficient (Wildman–Crippen LogP) is 4.65. The van der Waals surface area contributed by atoms with Crippen LogP contribution in [0.5, 0.6) is 0 Å². The summed E-state index contributed by atoms with van der Waals surface area (Å²) in [5.41, 5.74) is 0.775. The van der Waals surface area contributed by atoms with Crippen molar-refractivity contribution in [1.29, 1.82) is 0 Å². The molecule has 4 saturated carbocycles. The average Bonchev–Trinajstić information content (AvgIpc) is 2.43. The average molecular weight is 338 g/mol. The standard InChI is InChI=1S/C18H21Cl2NO/c19-15-4-2-1-3-14(15)16(22)21-11-17-6-12-5-13(7-17)9-18(20,8-12)10-17/h1-4,12-13H,5-11H2,(H,21,22). The highest BCUT2D eigenvalue weighted by molar-refractivity contribution is 6.33. The van der Waals surface area contributed by atoms with Crippen LogP contribution in [0.2, 0.25) is 5.02 Å². The highest BCUT2D eigenvalue weighted by Crippen LogP contribution is 2.63. The zero-order valence-electron chi connectivity index (χ0n) is 12.6. The van der Waals surface area contributed by atoms with Crippen molar-refractivity contribution in [2.45, 2.75) is 43.4 Å². The first-order valence-electron chi connectivity index (χ1n) is 8.19. The number of rotatable bonds is 3. The Kier molecular flexibility index (Phi) is 3.47. The molecule has 1 aromatic carbocycles. The minimum atomic E-state index is -0.0648. The number of nitrogens with one attached hydrogen (secondary N) is 1. The van der Waals surface area contributed by atoms with Crippen LogP contribution in [0, 0.1) is 17.3 Å². The van der Waals surface area contributed by atoms with Gasteiger partial charge in [0.2, 0.25) is 0 Å². The molecular weight excluding hydrogens is 317 g/mol. The first-order valence-corrected chi connectivity index (χ1v) is 8.94. The SMILES string of the molecule is O=C(NCC12CC3CC(CC(Cl)(C3)C1)C2)c1ccccc1Cl. The second-order valence-corrected chi connectivity index (χ2v) is 8.98. The summed E-state index contributed by atoms with van der Waals surface area (Å²) in [5.74, 6) is 1.46. The third-order valence-electron chi connectivity index (χ3n) is 5.85. The molecule has 118 valence electrons. The Morgan fingerprint density at radius 3 is 2.50 bits per heavy atom. The molecule has 4 aliphatic carbocycles. The zero-order chi connectivity index (χ0) is 15.4. The predicted molar refractivity (Wildman–Crippen MR) is 89.5 cm³/mol. The van der Waals surface area contributed by atoms with Gasteiger partial charge >= 0.3 is 0 Å². The number of alkyl halides is 1. The van der Waals surface area contributed by atoms with Crippen molar-refractivity contribution in [1.82, 2.24) is 5.32 Å². The largest absolute Gasteiger partial charge is 0.351 e. The quantitative estimate of drug-likeness (QED) is 0.799. The summed E-state index contributed by atoms with van der Waals surface area (Å²) >= 11 is 13.0. The fraction of sp³-hybridized carbons (Fsp3) is 0.611. The lowest BCUT2D eigenvalue weighted by Crippen LogP contribution is -2.56. The van der Waals surface area contributed by atoms with Crippen molar-refractivity contribution in [3.8, 4) is 0 Å². The van der Waals surface area contributed by atoms with E-state index in [9.17, 15) is 4.79 Å². The fourth-order valence-electron chi connectivity index (χ4n) is 5.55. The molecule has 4 bridgehead atoms. The lowest BCUT2D eigenvalue weighted by Gasteiger charge is -2.60. The zero-order valence-corrected chi connectivity index (χ0v) is 14.1. The van der Waals surface area contributed by atoms with Crippen molar-refractivity contribution in [3.05, 3.63) is 34.9 Å². The van der Waals surface area contributed by atoms with Crippen LogP contribution in [-0.4, -0.2) is 17.3 Å². The summed E-state index contributed by atoms with van der Waals surface area (Å²) in [6.07, 6.45) is 7.18. The molecule has 0 saturated heterocycles. The normalized spacial score (nSPS) is 39.0. The molecular formula is C18H21Cl2NO. The van der Waals surface area contributed by atoms with E-state index in [4.69, 9.17) is 23.2 Å². The Hall–Kier alpha value is -0.730. The van der Waals surface area contributed by atoms with Gasteiger partial charge in [0.25, 0.3) is 5.91 Å². The third kappa shape index (κ3) is 2.55. The van der Waals surface area contributed by atoms with Crippen molar-refractivity contribution >= 4 is 29.1 Å². The number of benzene rings is 1. The van der Waals surface area contributed by atoms with Crippen LogP contribution in [0.4, 0.5) is 0 Å². The minimum Gasteiger partial charge on any atom is -0.351 e. The maximum absolute atomic E-state index is 12.4. The van der Waals surface area contributed by atoms with E-state index in [1.54, 1.807) is 12.1 Å². The molecule has 0 heterocycles. The van der Waals surface area contributed by atoms with E-state index >= 15 is 0 Å². The van der Waals surface area contributed by atoms with Gasteiger partial charge in [-0.1, -0.05) is 23.7 Å². The molecule has 0 aromatic heterocycles. The Bertz CT molecular complexity index is 601. The summed E-state index contributed by atoms with van der Waals surface area (Å²) in [6, 6.07) is 7.23. The van der Waals surface area contributed by atoms with Crippen molar-refractivity contribution in [3.63, 3.8) is 0 Å². The Balaban J connectivity index is 1.48. The van der Waals surface area contributed by atoms with Gasteiger partial charge in [0, 0.05) is 11.4 Å². The van der Waals surface area contributed by atoms with Gasteiger partial charge in [0.1, 0.15) is 0 Å². The van der Waals surface area contributed by atoms with E-state index in [0.717, 1.165) is 24.8 Å². The van der Waals surface area contributed by atoms with E-state index < -0.39 is 0 Å². The van der Waals surface area contributed by atoms with Crippen molar-refractivity contribution in [2.75, 3.05) is 6.54 Å². The topological polar surface area (TPSA) is 29.1 Å². The van der Waals surface area contributed by atoms with Crippen LogP contribution < -0.4 is 5.32 Å². The van der Waals surface area contributed by atoms with Crippen LogP contribution in [-0.2, 0) is 0 Å². The number of halogens is 2. The van der Waals surface area contributed by atoms with Crippen molar-refractivity contribution in [2.24, 2.45) is 17.3 Å². The minimum absolute atomic E-state index is 0.000791. The molecule has 0 aliphatic heterocycles. The first-order chi connectivity index (χ1) is 10.5. The molecule has 4 aliphatic rings. The lowest BCUT2D eigenvalue weighted by atomic mass is 9.49. The number of carbonyl (C=O) groups is 1. The second kappa shape index (κ2) is 5.14. The van der Waals surface area contributed by atoms with E-state index in [0.29, 0.717) is 10.6 Å². The van der Waals surface area contributed by atoms with Gasteiger partial charge in [-0.3, -0.25) is 4.79 Å². The smallest absolute Gasteiger partial charge is 0.252 e. The molecule has 2 nitrogen and oxygen atoms in total. The molecule has 2 unspecified atom stereocenters. The molecule has 4 heteroatoms. The Labute approximate surface area is 141 Å². The van der Waals surface area contributed by atoms with E-state index in [2.05, 4.69) is 5.32 Å². The molecule has 1 N–H and O–H groups in total. The molecule has 2 atom stereocenters. The van der Waals surface area contributed by atoms with Crippen LogP contribution in [0.25, 0.3) is 0 Å². The molecule has 1 aromatic rings. The van der Waals surface area contributed by atoms with Gasteiger partial charge in [-0.2, -0.15) is 0 Å². The molecule has 1 amide bonds. The van der Waals surface area contributed by atoms with Gasteiger partial charge < -0.3 is 5.32 Å². The van der Waals surface area contributed by atoms with Gasteiger partial charge in [-0.15, -0.1) is 11.6 Å². The van der Waals surface area contributed by atoms with Crippen molar-refractivity contribution < 1.29 is 4.79 Å². The summed E-state index contributed by atoms with van der Waals surface area (Å²) in [6.45, 7) is 0.735. The molecule has 4 fully saturated rings. The summed E-state index contributed by atoms with van der Waals surface area (Å²) in [7, 11) is 0. The molecule has 22 heavy (non-hydrogen) atoms.